The SMILES string of the molecule is CC1(OCC(=O)Nc2cc(C(=O)O)ccc2F)CNC1. The molecule has 1 heterocycles. The molecule has 0 atom stereocenters. The molecule has 7 heteroatoms. The number of rotatable bonds is 5. The van der Waals surface area contributed by atoms with Crippen molar-refractivity contribution in [2.45, 2.75) is 12.5 Å². The summed E-state index contributed by atoms with van der Waals surface area (Å²) in [6.07, 6.45) is 0. The minimum atomic E-state index is -1.19. The summed E-state index contributed by atoms with van der Waals surface area (Å²) in [5.41, 5.74) is -0.646. The van der Waals surface area contributed by atoms with Gasteiger partial charge in [0.05, 0.1) is 16.9 Å². The highest BCUT2D eigenvalue weighted by Gasteiger charge is 2.33. The topological polar surface area (TPSA) is 87.7 Å². The van der Waals surface area contributed by atoms with Crippen LogP contribution < -0.4 is 10.6 Å². The van der Waals surface area contributed by atoms with Crippen LogP contribution in [0.25, 0.3) is 0 Å². The summed E-state index contributed by atoms with van der Waals surface area (Å²) in [7, 11) is 0. The molecule has 20 heavy (non-hydrogen) atoms. The van der Waals surface area contributed by atoms with E-state index >= 15 is 0 Å². The molecule has 1 aliphatic rings. The van der Waals surface area contributed by atoms with E-state index in [9.17, 15) is 14.0 Å². The van der Waals surface area contributed by atoms with Crippen LogP contribution in [0, 0.1) is 5.82 Å². The molecule has 3 N–H and O–H groups in total. The molecule has 0 unspecified atom stereocenters. The van der Waals surface area contributed by atoms with E-state index in [0.29, 0.717) is 13.1 Å². The third-order valence-electron chi connectivity index (χ3n) is 3.04. The highest BCUT2D eigenvalue weighted by Crippen LogP contribution is 2.18. The first-order chi connectivity index (χ1) is 9.39. The van der Waals surface area contributed by atoms with Gasteiger partial charge in [0, 0.05) is 13.1 Å². The lowest BCUT2D eigenvalue weighted by atomic mass is 10.0. The molecule has 1 saturated heterocycles. The van der Waals surface area contributed by atoms with Crippen LogP contribution in [-0.2, 0) is 9.53 Å². The van der Waals surface area contributed by atoms with Crippen LogP contribution in [0.15, 0.2) is 18.2 Å². The quantitative estimate of drug-likeness (QED) is 0.745. The van der Waals surface area contributed by atoms with Crippen molar-refractivity contribution >= 4 is 17.6 Å². The van der Waals surface area contributed by atoms with E-state index in [1.165, 1.54) is 0 Å². The average molecular weight is 282 g/mol. The van der Waals surface area contributed by atoms with Gasteiger partial charge in [-0.1, -0.05) is 0 Å². The molecule has 1 fully saturated rings. The largest absolute Gasteiger partial charge is 0.478 e. The third-order valence-corrected chi connectivity index (χ3v) is 3.04. The van der Waals surface area contributed by atoms with Crippen LogP contribution in [0.1, 0.15) is 17.3 Å². The van der Waals surface area contributed by atoms with Crippen molar-refractivity contribution < 1.29 is 23.8 Å². The average Bonchev–Trinajstić information content (AvgIpc) is 2.36. The Hall–Kier alpha value is -1.99. The second-order valence-corrected chi connectivity index (χ2v) is 4.89. The van der Waals surface area contributed by atoms with Crippen molar-refractivity contribution in [2.24, 2.45) is 0 Å². The van der Waals surface area contributed by atoms with E-state index in [0.717, 1.165) is 18.2 Å². The smallest absolute Gasteiger partial charge is 0.335 e. The van der Waals surface area contributed by atoms with Gasteiger partial charge in [-0.25, -0.2) is 9.18 Å². The molecule has 1 aliphatic heterocycles. The number of amides is 1. The van der Waals surface area contributed by atoms with Crippen molar-refractivity contribution in [3.63, 3.8) is 0 Å². The lowest BCUT2D eigenvalue weighted by molar-refractivity contribution is -0.130. The molecule has 0 saturated carbocycles. The zero-order valence-corrected chi connectivity index (χ0v) is 10.9. The van der Waals surface area contributed by atoms with E-state index in [1.54, 1.807) is 0 Å². The summed E-state index contributed by atoms with van der Waals surface area (Å²) in [5, 5.41) is 14.1. The van der Waals surface area contributed by atoms with Crippen LogP contribution >= 0.6 is 0 Å². The Morgan fingerprint density at radius 1 is 1.50 bits per heavy atom. The first kappa shape index (κ1) is 14.4. The highest BCUT2D eigenvalue weighted by molar-refractivity contribution is 5.94. The van der Waals surface area contributed by atoms with Crippen molar-refractivity contribution in [1.82, 2.24) is 5.32 Å². The highest BCUT2D eigenvalue weighted by atomic mass is 19.1. The molecule has 0 radical (unpaired) electrons. The van der Waals surface area contributed by atoms with Gasteiger partial charge in [-0.2, -0.15) is 0 Å². The van der Waals surface area contributed by atoms with Gasteiger partial charge in [0.2, 0.25) is 5.91 Å². The first-order valence-electron chi connectivity index (χ1n) is 6.07. The minimum absolute atomic E-state index is 0.0993. The maximum absolute atomic E-state index is 13.5. The molecule has 0 spiro atoms. The Morgan fingerprint density at radius 2 is 2.20 bits per heavy atom. The molecule has 0 bridgehead atoms. The van der Waals surface area contributed by atoms with Crippen LogP contribution in [0.2, 0.25) is 0 Å². The Labute approximate surface area is 114 Å². The molecule has 6 nitrogen and oxygen atoms in total. The van der Waals surface area contributed by atoms with Crippen LogP contribution in [0.5, 0.6) is 0 Å². The normalized spacial score (nSPS) is 16.3. The molecule has 0 aliphatic carbocycles. The monoisotopic (exact) mass is 282 g/mol. The Bertz CT molecular complexity index is 543. The van der Waals surface area contributed by atoms with Gasteiger partial charge in [0.15, 0.2) is 0 Å². The Kier molecular flexibility index (Phi) is 4.01. The molecule has 108 valence electrons. The molecular weight excluding hydrogens is 267 g/mol. The number of anilines is 1. The van der Waals surface area contributed by atoms with Crippen molar-refractivity contribution in [2.75, 3.05) is 25.0 Å². The summed E-state index contributed by atoms with van der Waals surface area (Å²) in [4.78, 5) is 22.4. The maximum atomic E-state index is 13.5. The molecule has 2 rings (SSSR count). The predicted octanol–water partition coefficient (Wildman–Crippen LogP) is 0.841. The van der Waals surface area contributed by atoms with Crippen molar-refractivity contribution in [1.29, 1.82) is 0 Å². The van der Waals surface area contributed by atoms with E-state index in [1.807, 2.05) is 6.92 Å². The lowest BCUT2D eigenvalue weighted by Crippen LogP contribution is -2.59. The number of nitrogens with one attached hydrogen (secondary N) is 2. The van der Waals surface area contributed by atoms with Gasteiger partial charge >= 0.3 is 5.97 Å². The number of carbonyl (C=O) groups excluding carboxylic acids is 1. The Morgan fingerprint density at radius 3 is 2.75 bits per heavy atom. The molecular formula is C13H15FN2O4. The first-order valence-corrected chi connectivity index (χ1v) is 6.07. The number of carbonyl (C=O) groups is 2. The summed E-state index contributed by atoms with van der Waals surface area (Å²) < 4.78 is 18.9. The molecule has 1 aromatic carbocycles. The second-order valence-electron chi connectivity index (χ2n) is 4.89. The number of aromatic carboxylic acids is 1. The predicted molar refractivity (Wildman–Crippen MR) is 69.2 cm³/mol. The van der Waals surface area contributed by atoms with E-state index < -0.39 is 17.7 Å². The Balaban J connectivity index is 1.96. The summed E-state index contributed by atoms with van der Waals surface area (Å²) in [5.74, 6) is -2.41. The summed E-state index contributed by atoms with van der Waals surface area (Å²) >= 11 is 0. The molecule has 1 amide bonds. The number of carboxylic acids is 1. The van der Waals surface area contributed by atoms with E-state index in [4.69, 9.17) is 9.84 Å². The number of benzene rings is 1. The van der Waals surface area contributed by atoms with Gasteiger partial charge in [-0.15, -0.1) is 0 Å². The maximum Gasteiger partial charge on any atom is 0.335 e. The number of carboxylic acid groups (broad SMARTS) is 1. The fraction of sp³-hybridized carbons (Fsp3) is 0.385. The van der Waals surface area contributed by atoms with Crippen LogP contribution in [0.4, 0.5) is 10.1 Å². The van der Waals surface area contributed by atoms with Crippen LogP contribution in [0.3, 0.4) is 0 Å². The van der Waals surface area contributed by atoms with Gasteiger partial charge in [-0.3, -0.25) is 4.79 Å². The fourth-order valence-electron chi connectivity index (χ4n) is 1.76. The van der Waals surface area contributed by atoms with Gasteiger partial charge in [0.1, 0.15) is 12.4 Å². The summed E-state index contributed by atoms with van der Waals surface area (Å²) in [6, 6.07) is 3.20. The second kappa shape index (κ2) is 5.56. The zero-order valence-electron chi connectivity index (χ0n) is 10.9. The standard InChI is InChI=1S/C13H15FN2O4/c1-13(6-15-7-13)20-5-11(17)16-10-4-8(12(18)19)2-3-9(10)14/h2-4,15H,5-7H2,1H3,(H,16,17)(H,18,19). The zero-order chi connectivity index (χ0) is 14.8. The van der Waals surface area contributed by atoms with E-state index in [-0.39, 0.29) is 23.5 Å². The van der Waals surface area contributed by atoms with Gasteiger partial charge in [0.25, 0.3) is 0 Å². The number of ether oxygens (including phenoxy) is 1. The van der Waals surface area contributed by atoms with Crippen LogP contribution in [-0.4, -0.2) is 42.3 Å². The molecule has 0 aromatic heterocycles. The van der Waals surface area contributed by atoms with Gasteiger partial charge < -0.3 is 20.5 Å². The number of hydrogen-bond acceptors (Lipinski definition) is 4. The number of halogens is 1. The minimum Gasteiger partial charge on any atom is -0.478 e. The molecule has 1 aromatic rings. The van der Waals surface area contributed by atoms with E-state index in [2.05, 4.69) is 10.6 Å². The van der Waals surface area contributed by atoms with Gasteiger partial charge in [-0.05, 0) is 25.1 Å². The number of hydrogen-bond donors (Lipinski definition) is 3. The van der Waals surface area contributed by atoms with Crippen molar-refractivity contribution in [3.05, 3.63) is 29.6 Å². The third kappa shape index (κ3) is 3.31. The van der Waals surface area contributed by atoms with Crippen molar-refractivity contribution in [3.8, 4) is 0 Å². The summed E-state index contributed by atoms with van der Waals surface area (Å²) in [6.45, 7) is 2.96. The fourth-order valence-corrected chi connectivity index (χ4v) is 1.76. The lowest BCUT2D eigenvalue weighted by Gasteiger charge is -2.38.